The zero-order chi connectivity index (χ0) is 26.2. The maximum Gasteiger partial charge on any atom is 0.274 e. The van der Waals surface area contributed by atoms with E-state index >= 15 is 0 Å². The van der Waals surface area contributed by atoms with Gasteiger partial charge in [-0.15, -0.1) is 0 Å². The van der Waals surface area contributed by atoms with Crippen LogP contribution < -0.4 is 11.1 Å². The average molecular weight is 519 g/mol. The van der Waals surface area contributed by atoms with Crippen LogP contribution in [-0.2, 0) is 9.84 Å². The fourth-order valence-electron chi connectivity index (χ4n) is 4.70. The molecule has 2 heterocycles. The quantitative estimate of drug-likeness (QED) is 0.516. The molecule has 1 aliphatic carbocycles. The Morgan fingerprint density at radius 2 is 1.75 bits per heavy atom. The maximum atomic E-state index is 14.7. The predicted molar refractivity (Wildman–Crippen MR) is 129 cm³/mol. The molecular weight excluding hydrogens is 493 g/mol. The van der Waals surface area contributed by atoms with Crippen molar-refractivity contribution in [1.82, 2.24) is 9.97 Å². The van der Waals surface area contributed by atoms with Crippen LogP contribution in [0.15, 0.2) is 47.6 Å². The smallest absolute Gasteiger partial charge is 0.274 e. The number of hydrogen-bond donors (Lipinski definition) is 2. The zero-order valence-electron chi connectivity index (χ0n) is 19.6. The summed E-state index contributed by atoms with van der Waals surface area (Å²) in [5.74, 6) is -3.93. The number of anilines is 1. The van der Waals surface area contributed by atoms with E-state index in [0.29, 0.717) is 23.7 Å². The van der Waals surface area contributed by atoms with Gasteiger partial charge < -0.3 is 11.1 Å². The van der Waals surface area contributed by atoms with Crippen molar-refractivity contribution in [3.05, 3.63) is 71.4 Å². The Morgan fingerprint density at radius 1 is 1.06 bits per heavy atom. The molecule has 1 amide bonds. The first-order chi connectivity index (χ1) is 16.9. The summed E-state index contributed by atoms with van der Waals surface area (Å²) in [6, 6.07) is 4.97. The molecule has 0 saturated heterocycles. The molecule has 0 unspecified atom stereocenters. The number of nitrogens with zero attached hydrogens (tertiary/aromatic N) is 2. The second-order valence-electron chi connectivity index (χ2n) is 9.25. The molecule has 1 fully saturated rings. The third-order valence-corrected chi connectivity index (χ3v) is 7.37. The number of aromatic nitrogens is 2. The Labute approximate surface area is 206 Å². The van der Waals surface area contributed by atoms with E-state index in [2.05, 4.69) is 22.2 Å². The minimum absolute atomic E-state index is 0.0377. The van der Waals surface area contributed by atoms with Gasteiger partial charge in [0.1, 0.15) is 28.8 Å². The van der Waals surface area contributed by atoms with Crippen LogP contribution in [0.3, 0.4) is 0 Å². The lowest BCUT2D eigenvalue weighted by molar-refractivity contribution is 0.102. The van der Waals surface area contributed by atoms with Crippen LogP contribution in [0, 0.1) is 23.4 Å². The summed E-state index contributed by atoms with van der Waals surface area (Å²) in [5, 5.41) is 2.72. The number of carbonyl (C=O) groups is 1. The van der Waals surface area contributed by atoms with E-state index in [4.69, 9.17) is 5.73 Å². The van der Waals surface area contributed by atoms with Crippen molar-refractivity contribution in [2.24, 2.45) is 11.7 Å². The van der Waals surface area contributed by atoms with Gasteiger partial charge in [-0.25, -0.2) is 26.6 Å². The van der Waals surface area contributed by atoms with E-state index in [0.717, 1.165) is 43.2 Å². The molecule has 36 heavy (non-hydrogen) atoms. The van der Waals surface area contributed by atoms with Gasteiger partial charge in [-0.05, 0) is 67.0 Å². The molecule has 2 aromatic heterocycles. The molecule has 0 spiro atoms. The van der Waals surface area contributed by atoms with Crippen molar-refractivity contribution in [1.29, 1.82) is 0 Å². The van der Waals surface area contributed by atoms with Crippen LogP contribution >= 0.6 is 0 Å². The fourth-order valence-corrected chi connectivity index (χ4v) is 5.33. The van der Waals surface area contributed by atoms with E-state index in [9.17, 15) is 26.4 Å². The lowest BCUT2D eigenvalue weighted by Crippen LogP contribution is -2.31. The van der Waals surface area contributed by atoms with Crippen molar-refractivity contribution >= 4 is 21.4 Å². The van der Waals surface area contributed by atoms with Crippen LogP contribution in [0.5, 0.6) is 0 Å². The molecule has 1 aliphatic rings. The minimum Gasteiger partial charge on any atom is -0.328 e. The third-order valence-electron chi connectivity index (χ3n) is 6.28. The number of benzene rings is 1. The molecule has 190 valence electrons. The number of nitrogens with one attached hydrogen (secondary N) is 1. The highest BCUT2D eigenvalue weighted by Gasteiger charge is 2.28. The maximum absolute atomic E-state index is 14.7. The molecule has 3 atom stereocenters. The van der Waals surface area contributed by atoms with Gasteiger partial charge in [0.05, 0.1) is 22.3 Å². The van der Waals surface area contributed by atoms with Crippen LogP contribution in [0.25, 0.3) is 11.3 Å². The van der Waals surface area contributed by atoms with Crippen LogP contribution in [0.4, 0.5) is 18.9 Å². The lowest BCUT2D eigenvalue weighted by atomic mass is 9.76. The topological polar surface area (TPSA) is 115 Å². The van der Waals surface area contributed by atoms with Crippen LogP contribution in [0.1, 0.15) is 48.2 Å². The molecule has 0 aliphatic heterocycles. The molecule has 1 aromatic carbocycles. The number of sulfone groups is 1. The van der Waals surface area contributed by atoms with Crippen molar-refractivity contribution in [3.63, 3.8) is 0 Å². The van der Waals surface area contributed by atoms with Gasteiger partial charge in [-0.1, -0.05) is 6.92 Å². The van der Waals surface area contributed by atoms with E-state index in [-0.39, 0.29) is 17.7 Å². The van der Waals surface area contributed by atoms with Crippen LogP contribution in [0.2, 0.25) is 0 Å². The normalized spacial score (nSPS) is 20.2. The van der Waals surface area contributed by atoms with Crippen LogP contribution in [-0.4, -0.2) is 36.6 Å². The summed E-state index contributed by atoms with van der Waals surface area (Å²) in [4.78, 5) is 20.4. The molecule has 4 rings (SSSR count). The Balaban J connectivity index is 1.66. The lowest BCUT2D eigenvalue weighted by Gasteiger charge is -2.32. The second kappa shape index (κ2) is 9.98. The minimum atomic E-state index is -3.91. The van der Waals surface area contributed by atoms with Gasteiger partial charge in [0.2, 0.25) is 0 Å². The molecule has 3 N–H and O–H groups in total. The number of nitrogens with two attached hydrogens (primary N) is 1. The van der Waals surface area contributed by atoms with Crippen molar-refractivity contribution in [2.45, 2.75) is 43.0 Å². The Morgan fingerprint density at radius 3 is 2.39 bits per heavy atom. The summed E-state index contributed by atoms with van der Waals surface area (Å²) in [7, 11) is -3.91. The number of hydrogen-bond acceptors (Lipinski definition) is 6. The predicted octanol–water partition coefficient (Wildman–Crippen LogP) is 4.45. The second-order valence-corrected chi connectivity index (χ2v) is 11.3. The summed E-state index contributed by atoms with van der Waals surface area (Å²) >= 11 is 0. The van der Waals surface area contributed by atoms with E-state index in [1.165, 1.54) is 6.20 Å². The monoisotopic (exact) mass is 518 g/mol. The standard InChI is InChI=1S/C25H25F3N4O3S/c1-13-7-14(9-15(29)8-13)17-5-6-30-12-22(17)32-25(33)21-4-3-18(26)24(31-21)23-19(27)10-16(11-20(23)28)36(2,34)35/h3-6,10-15H,7-9,29H2,1-2H3,(H,32,33)/t13-,14+,15-/m0/s1. The van der Waals surface area contributed by atoms with Gasteiger partial charge in [0.15, 0.2) is 9.84 Å². The largest absolute Gasteiger partial charge is 0.328 e. The first-order valence-corrected chi connectivity index (χ1v) is 13.2. The van der Waals surface area contributed by atoms with E-state index in [1.54, 1.807) is 6.20 Å². The van der Waals surface area contributed by atoms with Gasteiger partial charge >= 0.3 is 0 Å². The SMILES string of the molecule is C[C@@H]1C[C@H](N)C[C@H](c2ccncc2NC(=O)c2ccc(F)c(-c3c(F)cc(S(C)(=O)=O)cc3F)n2)C1. The zero-order valence-corrected chi connectivity index (χ0v) is 20.4. The van der Waals surface area contributed by atoms with E-state index in [1.807, 2.05) is 6.07 Å². The molecule has 0 radical (unpaired) electrons. The highest BCUT2D eigenvalue weighted by Crippen LogP contribution is 2.38. The first-order valence-electron chi connectivity index (χ1n) is 11.3. The summed E-state index contributed by atoms with van der Waals surface area (Å²) in [6.07, 6.45) is 6.46. The highest BCUT2D eigenvalue weighted by molar-refractivity contribution is 7.90. The van der Waals surface area contributed by atoms with Crippen molar-refractivity contribution in [3.8, 4) is 11.3 Å². The van der Waals surface area contributed by atoms with Gasteiger partial charge in [-0.2, -0.15) is 0 Å². The van der Waals surface area contributed by atoms with Gasteiger partial charge in [-0.3, -0.25) is 9.78 Å². The summed E-state index contributed by atoms with van der Waals surface area (Å²) < 4.78 is 67.2. The van der Waals surface area contributed by atoms with E-state index < -0.39 is 49.3 Å². The summed E-state index contributed by atoms with van der Waals surface area (Å²) in [5.41, 5.74) is 5.58. The average Bonchev–Trinajstić information content (AvgIpc) is 2.78. The van der Waals surface area contributed by atoms with Gasteiger partial charge in [0.25, 0.3) is 5.91 Å². The molecule has 0 bridgehead atoms. The third kappa shape index (κ3) is 5.41. The van der Waals surface area contributed by atoms with Crippen molar-refractivity contribution < 1.29 is 26.4 Å². The first kappa shape index (κ1) is 25.8. The van der Waals surface area contributed by atoms with Gasteiger partial charge in [0, 0.05) is 18.5 Å². The van der Waals surface area contributed by atoms with Crippen molar-refractivity contribution in [2.75, 3.05) is 11.6 Å². The Bertz CT molecular complexity index is 1400. The number of carbonyl (C=O) groups excluding carboxylic acids is 1. The molecule has 7 nitrogen and oxygen atoms in total. The molecule has 11 heteroatoms. The fraction of sp³-hybridized carbons (Fsp3) is 0.320. The molecule has 3 aromatic rings. The summed E-state index contributed by atoms with van der Waals surface area (Å²) in [6.45, 7) is 2.12. The number of rotatable bonds is 5. The highest BCUT2D eigenvalue weighted by atomic mass is 32.2. The molecule has 1 saturated carbocycles. The molecular formula is C25H25F3N4O3S. The number of amides is 1. The number of pyridine rings is 2. The Kier molecular flexibility index (Phi) is 7.14. The number of halogens is 3. The Hall–Kier alpha value is -3.31.